The van der Waals surface area contributed by atoms with Gasteiger partial charge in [-0.1, -0.05) is 34.4 Å². The van der Waals surface area contributed by atoms with Crippen molar-refractivity contribution in [1.82, 2.24) is 15.1 Å². The number of carbonyl (C=O) groups is 1. The quantitative estimate of drug-likeness (QED) is 0.305. The van der Waals surface area contributed by atoms with Gasteiger partial charge in [-0.15, -0.1) is 0 Å². The SMILES string of the molecule is O=C(O)c1cnc2c(c1)Oc1cnc(OCc3c(-c4c(Cl)cccc4Cl)noc3C3CC3)cc1CC2. The zero-order valence-corrected chi connectivity index (χ0v) is 20.3. The van der Waals surface area contributed by atoms with E-state index in [0.29, 0.717) is 63.1 Å². The molecular weight excluding hydrogens is 505 g/mol. The number of carboxylic acids is 1. The number of halogens is 2. The van der Waals surface area contributed by atoms with E-state index in [9.17, 15) is 9.90 Å². The smallest absolute Gasteiger partial charge is 0.337 e. The summed E-state index contributed by atoms with van der Waals surface area (Å²) in [5.74, 6) is 1.41. The second-order valence-corrected chi connectivity index (χ2v) is 9.55. The molecular formula is C26H19Cl2N3O5. The first kappa shape index (κ1) is 22.8. The van der Waals surface area contributed by atoms with Gasteiger partial charge in [0.05, 0.1) is 33.1 Å². The second-order valence-electron chi connectivity index (χ2n) is 8.74. The van der Waals surface area contributed by atoms with E-state index in [4.69, 9.17) is 37.2 Å². The van der Waals surface area contributed by atoms with Gasteiger partial charge in [0.2, 0.25) is 5.88 Å². The van der Waals surface area contributed by atoms with E-state index < -0.39 is 5.97 Å². The Kier molecular flexibility index (Phi) is 5.78. The van der Waals surface area contributed by atoms with Gasteiger partial charge < -0.3 is 19.1 Å². The summed E-state index contributed by atoms with van der Waals surface area (Å²) in [6.45, 7) is 0.183. The summed E-state index contributed by atoms with van der Waals surface area (Å²) in [7, 11) is 0. The van der Waals surface area contributed by atoms with Gasteiger partial charge in [-0.2, -0.15) is 0 Å². The van der Waals surface area contributed by atoms with Gasteiger partial charge >= 0.3 is 5.97 Å². The average Bonchev–Trinajstić information content (AvgIpc) is 3.65. The van der Waals surface area contributed by atoms with Crippen molar-refractivity contribution in [2.45, 2.75) is 38.2 Å². The predicted octanol–water partition coefficient (Wildman–Crippen LogP) is 6.48. The molecule has 1 aliphatic carbocycles. The van der Waals surface area contributed by atoms with Gasteiger partial charge in [0.1, 0.15) is 29.6 Å². The lowest BCUT2D eigenvalue weighted by Crippen LogP contribution is -2.02. The third-order valence-electron chi connectivity index (χ3n) is 6.28. The normalized spacial score (nSPS) is 14.4. The number of hydrogen-bond donors (Lipinski definition) is 1. The van der Waals surface area contributed by atoms with Crippen LogP contribution in [0, 0.1) is 0 Å². The summed E-state index contributed by atoms with van der Waals surface area (Å²) in [6.07, 6.45) is 6.22. The lowest BCUT2D eigenvalue weighted by atomic mass is 10.0. The van der Waals surface area contributed by atoms with Crippen LogP contribution in [0.5, 0.6) is 17.4 Å². The summed E-state index contributed by atoms with van der Waals surface area (Å²) in [6, 6.07) is 8.62. The molecule has 0 unspecified atom stereocenters. The zero-order valence-electron chi connectivity index (χ0n) is 18.8. The van der Waals surface area contributed by atoms with Gasteiger partial charge in [0, 0.05) is 29.3 Å². The summed E-state index contributed by atoms with van der Waals surface area (Å²) in [5, 5.41) is 14.5. The first-order valence-electron chi connectivity index (χ1n) is 11.4. The topological polar surface area (TPSA) is 108 Å². The molecule has 0 amide bonds. The van der Waals surface area contributed by atoms with E-state index in [0.717, 1.165) is 29.7 Å². The molecule has 2 aliphatic rings. The largest absolute Gasteiger partial charge is 0.478 e. The molecule has 0 saturated heterocycles. The Morgan fingerprint density at radius 1 is 1.08 bits per heavy atom. The zero-order chi connectivity index (χ0) is 24.8. The number of aryl methyl sites for hydroxylation is 2. The molecule has 4 aromatic rings. The Morgan fingerprint density at radius 3 is 2.64 bits per heavy atom. The number of benzene rings is 1. The fraction of sp³-hybridized carbons (Fsp3) is 0.231. The van der Waals surface area contributed by atoms with Gasteiger partial charge in [0.15, 0.2) is 0 Å². The minimum absolute atomic E-state index is 0.0692. The highest BCUT2D eigenvalue weighted by molar-refractivity contribution is 6.39. The van der Waals surface area contributed by atoms with Crippen molar-refractivity contribution in [2.24, 2.45) is 0 Å². The fourth-order valence-electron chi connectivity index (χ4n) is 4.26. The number of hydrogen-bond acceptors (Lipinski definition) is 7. The summed E-state index contributed by atoms with van der Waals surface area (Å²) in [5.41, 5.74) is 3.64. The number of nitrogens with zero attached hydrogens (tertiary/aromatic N) is 3. The Balaban J connectivity index is 1.27. The van der Waals surface area contributed by atoms with Crippen LogP contribution >= 0.6 is 23.2 Å². The standard InChI is InChI=1S/C26H19Cl2N3O5/c27-17-2-1-3-18(28)23(17)24-16(25(36-31-24)13-4-5-13)12-34-22-9-14-6-7-19-20(35-21(14)11-30-22)8-15(10-29-19)26(32)33/h1-3,8-11,13H,4-7,12H2,(H,32,33). The van der Waals surface area contributed by atoms with Crippen molar-refractivity contribution in [3.63, 3.8) is 0 Å². The monoisotopic (exact) mass is 523 g/mol. The minimum atomic E-state index is -1.06. The Labute approximate surface area is 215 Å². The van der Waals surface area contributed by atoms with Gasteiger partial charge in [-0.3, -0.25) is 4.98 Å². The van der Waals surface area contributed by atoms with E-state index in [1.165, 1.54) is 12.3 Å². The van der Waals surface area contributed by atoms with E-state index >= 15 is 0 Å². The number of aromatic nitrogens is 3. The molecule has 1 N–H and O–H groups in total. The maximum absolute atomic E-state index is 11.3. The van der Waals surface area contributed by atoms with Crippen molar-refractivity contribution in [3.05, 3.63) is 80.9 Å². The molecule has 36 heavy (non-hydrogen) atoms. The Hall–Kier alpha value is -3.62. The maximum atomic E-state index is 11.3. The number of carboxylic acid groups (broad SMARTS) is 1. The maximum Gasteiger partial charge on any atom is 0.337 e. The van der Waals surface area contributed by atoms with E-state index in [2.05, 4.69) is 15.1 Å². The van der Waals surface area contributed by atoms with Crippen LogP contribution in [-0.2, 0) is 19.4 Å². The molecule has 1 aromatic carbocycles. The molecule has 3 aromatic heterocycles. The molecule has 0 radical (unpaired) electrons. The molecule has 4 heterocycles. The van der Waals surface area contributed by atoms with E-state index in [-0.39, 0.29) is 12.2 Å². The molecule has 1 saturated carbocycles. The van der Waals surface area contributed by atoms with Gasteiger partial charge in [-0.25, -0.2) is 9.78 Å². The van der Waals surface area contributed by atoms with Crippen molar-refractivity contribution < 1.29 is 23.9 Å². The van der Waals surface area contributed by atoms with Crippen LogP contribution in [0.25, 0.3) is 11.3 Å². The van der Waals surface area contributed by atoms with Crippen molar-refractivity contribution in [2.75, 3.05) is 0 Å². The molecule has 0 spiro atoms. The lowest BCUT2D eigenvalue weighted by Gasteiger charge is -2.11. The first-order chi connectivity index (χ1) is 17.5. The van der Waals surface area contributed by atoms with Crippen LogP contribution < -0.4 is 9.47 Å². The fourth-order valence-corrected chi connectivity index (χ4v) is 4.84. The third-order valence-corrected chi connectivity index (χ3v) is 6.91. The second kappa shape index (κ2) is 9.11. The van der Waals surface area contributed by atoms with E-state index in [1.54, 1.807) is 24.4 Å². The molecule has 1 aliphatic heterocycles. The molecule has 182 valence electrons. The molecule has 6 rings (SSSR count). The van der Waals surface area contributed by atoms with Crippen LogP contribution in [0.3, 0.4) is 0 Å². The van der Waals surface area contributed by atoms with Gasteiger partial charge in [0.25, 0.3) is 0 Å². The Morgan fingerprint density at radius 2 is 1.89 bits per heavy atom. The van der Waals surface area contributed by atoms with Crippen LogP contribution in [0.1, 0.15) is 51.7 Å². The molecule has 1 fully saturated rings. The van der Waals surface area contributed by atoms with Gasteiger partial charge in [-0.05, 0) is 43.9 Å². The highest BCUT2D eigenvalue weighted by Crippen LogP contribution is 2.46. The third kappa shape index (κ3) is 4.27. The summed E-state index contributed by atoms with van der Waals surface area (Å²) >= 11 is 12.9. The molecule has 0 bridgehead atoms. The number of fused-ring (bicyclic) bond motifs is 2. The first-order valence-corrected chi connectivity index (χ1v) is 12.2. The minimum Gasteiger partial charge on any atom is -0.478 e. The van der Waals surface area contributed by atoms with Crippen LogP contribution in [-0.4, -0.2) is 26.2 Å². The number of aromatic carboxylic acids is 1. The van der Waals surface area contributed by atoms with Crippen molar-refractivity contribution in [1.29, 1.82) is 0 Å². The lowest BCUT2D eigenvalue weighted by molar-refractivity contribution is 0.0696. The highest BCUT2D eigenvalue weighted by Gasteiger charge is 2.34. The van der Waals surface area contributed by atoms with Crippen LogP contribution in [0.2, 0.25) is 10.0 Å². The van der Waals surface area contributed by atoms with Crippen molar-refractivity contribution >= 4 is 29.2 Å². The molecule has 8 nitrogen and oxygen atoms in total. The van der Waals surface area contributed by atoms with Crippen LogP contribution in [0.4, 0.5) is 0 Å². The highest BCUT2D eigenvalue weighted by atomic mass is 35.5. The summed E-state index contributed by atoms with van der Waals surface area (Å²) < 4.78 is 17.8. The number of pyridine rings is 2. The predicted molar refractivity (Wildman–Crippen MR) is 131 cm³/mol. The number of rotatable bonds is 6. The number of ether oxygens (including phenoxy) is 2. The van der Waals surface area contributed by atoms with Crippen LogP contribution in [0.15, 0.2) is 47.2 Å². The molecule has 0 atom stereocenters. The average molecular weight is 524 g/mol. The van der Waals surface area contributed by atoms with E-state index in [1.807, 2.05) is 6.07 Å². The molecule has 10 heteroatoms. The summed E-state index contributed by atoms with van der Waals surface area (Å²) in [4.78, 5) is 20.0. The Bertz CT molecular complexity index is 1480. The van der Waals surface area contributed by atoms with Crippen molar-refractivity contribution in [3.8, 4) is 28.6 Å².